The topological polar surface area (TPSA) is 42.7 Å². The third-order valence-electron chi connectivity index (χ3n) is 15.0. The number of nitrogens with one attached hydrogen (secondary N) is 1. The Balaban J connectivity index is 0.923. The first-order valence-electron chi connectivity index (χ1n) is 25.9. The molecular formula is C71H45F3N4. The van der Waals surface area contributed by atoms with Crippen molar-refractivity contribution in [1.82, 2.24) is 14.5 Å². The number of fused-ring (bicyclic) bond motifs is 7. The van der Waals surface area contributed by atoms with Crippen LogP contribution in [0.15, 0.2) is 267 Å². The van der Waals surface area contributed by atoms with E-state index in [1.807, 2.05) is 54.6 Å². The summed E-state index contributed by atoms with van der Waals surface area (Å²) in [6, 6.07) is 90.3. The Morgan fingerprint density at radius 1 is 0.346 bits per heavy atom. The van der Waals surface area contributed by atoms with Gasteiger partial charge < -0.3 is 9.88 Å². The van der Waals surface area contributed by atoms with Crippen LogP contribution in [-0.2, 0) is 6.18 Å². The van der Waals surface area contributed by atoms with Gasteiger partial charge in [0.2, 0.25) is 0 Å². The molecule has 12 aromatic carbocycles. The molecule has 0 spiro atoms. The zero-order valence-electron chi connectivity index (χ0n) is 41.9. The van der Waals surface area contributed by atoms with Crippen LogP contribution in [-0.4, -0.2) is 14.5 Å². The van der Waals surface area contributed by atoms with E-state index < -0.39 is 11.7 Å². The Morgan fingerprint density at radius 2 is 0.923 bits per heavy atom. The first kappa shape index (κ1) is 46.4. The highest BCUT2D eigenvalue weighted by Crippen LogP contribution is 2.42. The Bertz CT molecular complexity index is 4630. The summed E-state index contributed by atoms with van der Waals surface area (Å²) in [6.07, 6.45) is -4.47. The van der Waals surface area contributed by atoms with Crippen molar-refractivity contribution >= 4 is 65.6 Å². The molecule has 78 heavy (non-hydrogen) atoms. The van der Waals surface area contributed by atoms with Gasteiger partial charge in [0.15, 0.2) is 5.82 Å². The predicted octanol–water partition coefficient (Wildman–Crippen LogP) is 19.8. The van der Waals surface area contributed by atoms with Gasteiger partial charge in [0.1, 0.15) is 0 Å². The van der Waals surface area contributed by atoms with Crippen LogP contribution in [0.25, 0.3) is 127 Å². The fourth-order valence-electron chi connectivity index (χ4n) is 11.1. The van der Waals surface area contributed by atoms with Crippen LogP contribution in [0.4, 0.5) is 24.5 Å². The highest BCUT2D eigenvalue weighted by molar-refractivity contribution is 6.13. The Kier molecular flexibility index (Phi) is 11.3. The molecule has 0 atom stereocenters. The zero-order valence-corrected chi connectivity index (χ0v) is 41.9. The number of benzene rings is 12. The van der Waals surface area contributed by atoms with E-state index in [0.29, 0.717) is 22.2 Å². The second-order valence-electron chi connectivity index (χ2n) is 19.8. The van der Waals surface area contributed by atoms with Gasteiger partial charge in [-0.05, 0) is 146 Å². The average molecular weight is 1010 g/mol. The molecule has 2 aromatic heterocycles. The third-order valence-corrected chi connectivity index (χ3v) is 15.0. The quantitative estimate of drug-likeness (QED) is 0.147. The molecule has 0 aliphatic heterocycles. The normalized spacial score (nSPS) is 11.8. The zero-order chi connectivity index (χ0) is 52.3. The SMILES string of the molecule is FC(F)(F)c1ccc2ccc(-c3nc(-c4cccc(-n5c6ccc(-c7ccccc7)cc6c6cc(-c7cccc(-c8cc(-c9ccccc9)ccc8Nc8ccccc8)c7)ccc65)c4)c4ccc5ccccc5c4n3)cc2c1. The molecule has 14 aromatic rings. The second-order valence-corrected chi connectivity index (χ2v) is 19.8. The van der Waals surface area contributed by atoms with Crippen molar-refractivity contribution in [3.8, 4) is 72.8 Å². The number of halogens is 3. The summed E-state index contributed by atoms with van der Waals surface area (Å²) in [5, 5.41) is 9.94. The van der Waals surface area contributed by atoms with Gasteiger partial charge in [-0.25, -0.2) is 9.97 Å². The summed E-state index contributed by atoms with van der Waals surface area (Å²) in [6.45, 7) is 0. The lowest BCUT2D eigenvalue weighted by Crippen LogP contribution is -2.04. The minimum absolute atomic E-state index is 0.424. The standard InChI is InChI=1S/C71H45F3N4/c72-71(73,74)57-33-28-47-26-27-55(39-56(47)40-57)70-76-68(61-34-29-48-18-10-11-25-60(48)69(61)77-70)54-21-13-24-59(41-54)78-66-36-31-51(46-16-6-2-7-17-46)43-63(66)64-44-52(32-37-67(64)78)49-19-12-20-53(38-49)62-42-50(45-14-4-1-5-15-45)30-35-65(62)75-58-22-8-3-9-23-58/h1-44,75H. The number of aromatic nitrogens is 3. The molecule has 1 N–H and O–H groups in total. The van der Waals surface area contributed by atoms with Gasteiger partial charge in [0.05, 0.1) is 27.8 Å². The van der Waals surface area contributed by atoms with Crippen molar-refractivity contribution in [1.29, 1.82) is 0 Å². The Morgan fingerprint density at radius 3 is 1.67 bits per heavy atom. The van der Waals surface area contributed by atoms with Crippen molar-refractivity contribution < 1.29 is 13.2 Å². The van der Waals surface area contributed by atoms with Gasteiger partial charge in [-0.3, -0.25) is 0 Å². The van der Waals surface area contributed by atoms with Crippen LogP contribution in [0.5, 0.6) is 0 Å². The van der Waals surface area contributed by atoms with Crippen LogP contribution in [0.1, 0.15) is 5.56 Å². The molecule has 0 fully saturated rings. The number of alkyl halides is 3. The number of para-hydroxylation sites is 1. The van der Waals surface area contributed by atoms with E-state index >= 15 is 0 Å². The maximum atomic E-state index is 13.9. The van der Waals surface area contributed by atoms with Crippen LogP contribution in [0, 0.1) is 0 Å². The van der Waals surface area contributed by atoms with Gasteiger partial charge in [-0.1, -0.05) is 176 Å². The van der Waals surface area contributed by atoms with Gasteiger partial charge in [0.25, 0.3) is 0 Å². The molecule has 4 nitrogen and oxygen atoms in total. The molecule has 0 amide bonds. The van der Waals surface area contributed by atoms with Crippen LogP contribution < -0.4 is 5.32 Å². The molecule has 14 rings (SSSR count). The molecule has 0 aliphatic rings. The summed E-state index contributed by atoms with van der Waals surface area (Å²) in [7, 11) is 0. The number of nitrogens with zero attached hydrogens (tertiary/aromatic N) is 3. The number of hydrogen-bond acceptors (Lipinski definition) is 3. The van der Waals surface area contributed by atoms with Crippen molar-refractivity contribution in [3.63, 3.8) is 0 Å². The smallest absolute Gasteiger partial charge is 0.355 e. The summed E-state index contributed by atoms with van der Waals surface area (Å²) in [4.78, 5) is 10.5. The Hall–Kier alpha value is -10.1. The van der Waals surface area contributed by atoms with E-state index in [9.17, 15) is 13.2 Å². The largest absolute Gasteiger partial charge is 0.416 e. The fraction of sp³-hybridized carbons (Fsp3) is 0.0141. The number of anilines is 2. The van der Waals surface area contributed by atoms with Crippen LogP contribution in [0.3, 0.4) is 0 Å². The minimum Gasteiger partial charge on any atom is -0.355 e. The number of hydrogen-bond donors (Lipinski definition) is 1. The van der Waals surface area contributed by atoms with Crippen LogP contribution >= 0.6 is 0 Å². The Labute approximate surface area is 448 Å². The lowest BCUT2D eigenvalue weighted by molar-refractivity contribution is -0.137. The van der Waals surface area contributed by atoms with Crippen molar-refractivity contribution in [2.24, 2.45) is 0 Å². The van der Waals surface area contributed by atoms with Gasteiger partial charge in [-0.15, -0.1) is 0 Å². The molecule has 0 unspecified atom stereocenters. The lowest BCUT2D eigenvalue weighted by atomic mass is 9.94. The summed E-state index contributed by atoms with van der Waals surface area (Å²) >= 11 is 0. The van der Waals surface area contributed by atoms with E-state index in [4.69, 9.17) is 9.97 Å². The first-order valence-corrected chi connectivity index (χ1v) is 25.9. The molecular weight excluding hydrogens is 966 g/mol. The van der Waals surface area contributed by atoms with E-state index in [0.717, 1.165) is 122 Å². The number of rotatable bonds is 9. The van der Waals surface area contributed by atoms with Crippen molar-refractivity contribution in [2.45, 2.75) is 6.18 Å². The molecule has 370 valence electrons. The second kappa shape index (κ2) is 18.9. The maximum Gasteiger partial charge on any atom is 0.416 e. The minimum atomic E-state index is -4.47. The van der Waals surface area contributed by atoms with Gasteiger partial charge in [-0.2, -0.15) is 13.2 Å². The predicted molar refractivity (Wildman–Crippen MR) is 316 cm³/mol. The molecule has 0 saturated carbocycles. The lowest BCUT2D eigenvalue weighted by Gasteiger charge is -2.16. The summed E-state index contributed by atoms with van der Waals surface area (Å²) in [5.74, 6) is 0.424. The highest BCUT2D eigenvalue weighted by Gasteiger charge is 2.30. The average Bonchev–Trinajstić information content (AvgIpc) is 3.82. The van der Waals surface area contributed by atoms with E-state index in [1.165, 1.54) is 12.1 Å². The first-order chi connectivity index (χ1) is 38.3. The molecule has 0 bridgehead atoms. The molecule has 2 heterocycles. The summed E-state index contributed by atoms with van der Waals surface area (Å²) < 4.78 is 44.2. The van der Waals surface area contributed by atoms with Gasteiger partial charge in [0, 0.05) is 55.3 Å². The highest BCUT2D eigenvalue weighted by atomic mass is 19.4. The third kappa shape index (κ3) is 8.48. The molecule has 7 heteroatoms. The summed E-state index contributed by atoms with van der Waals surface area (Å²) in [5.41, 5.74) is 16.3. The van der Waals surface area contributed by atoms with Crippen molar-refractivity contribution in [2.75, 3.05) is 5.32 Å². The molecule has 0 aliphatic carbocycles. The van der Waals surface area contributed by atoms with Crippen molar-refractivity contribution in [3.05, 3.63) is 272 Å². The maximum absolute atomic E-state index is 13.9. The van der Waals surface area contributed by atoms with Gasteiger partial charge >= 0.3 is 6.18 Å². The monoisotopic (exact) mass is 1010 g/mol. The van der Waals surface area contributed by atoms with E-state index in [1.54, 1.807) is 6.07 Å². The van der Waals surface area contributed by atoms with Crippen LogP contribution in [0.2, 0.25) is 0 Å². The van der Waals surface area contributed by atoms with E-state index in [-0.39, 0.29) is 0 Å². The fourth-order valence-corrected chi connectivity index (χ4v) is 11.1. The molecule has 0 saturated heterocycles. The van der Waals surface area contributed by atoms with E-state index in [2.05, 4.69) is 198 Å². The molecule has 0 radical (unpaired) electrons.